The molecule has 0 amide bonds. The minimum Gasteiger partial charge on any atom is -0.394 e. The average Bonchev–Trinajstić information content (AvgIpc) is 2.76. The number of aliphatic hydroxyl groups is 2. The second-order valence-electron chi connectivity index (χ2n) is 6.32. The molecular weight excluding hydrogens is 355 g/mol. The lowest BCUT2D eigenvalue weighted by molar-refractivity contribution is -0.00755. The molecule has 9 nitrogen and oxygen atoms in total. The van der Waals surface area contributed by atoms with Gasteiger partial charge in [-0.2, -0.15) is 0 Å². The Hall–Kier alpha value is -0.0900. The summed E-state index contributed by atoms with van der Waals surface area (Å²) in [7, 11) is -4.34. The first-order chi connectivity index (χ1) is 11.8. The maximum absolute atomic E-state index is 12.1. The van der Waals surface area contributed by atoms with Crippen molar-refractivity contribution in [3.63, 3.8) is 0 Å². The lowest BCUT2D eigenvalue weighted by Crippen LogP contribution is -2.34. The monoisotopic (exact) mass is 386 g/mol. The number of phosphoric acid groups is 1. The van der Waals surface area contributed by atoms with Crippen LogP contribution in [-0.4, -0.2) is 79.2 Å². The van der Waals surface area contributed by atoms with E-state index in [2.05, 4.69) is 0 Å². The van der Waals surface area contributed by atoms with E-state index in [9.17, 15) is 14.6 Å². The fourth-order valence-electron chi connectivity index (χ4n) is 2.49. The topological polar surface area (TPSA) is 124 Å². The summed E-state index contributed by atoms with van der Waals surface area (Å²) in [4.78, 5) is 9.84. The number of rotatable bonds is 13. The zero-order valence-corrected chi connectivity index (χ0v) is 16.0. The highest BCUT2D eigenvalue weighted by atomic mass is 31.2. The Balaban J connectivity index is 2.33. The van der Waals surface area contributed by atoms with Gasteiger partial charge in [0.05, 0.1) is 51.8 Å². The largest absolute Gasteiger partial charge is 0.472 e. The van der Waals surface area contributed by atoms with Crippen LogP contribution < -0.4 is 0 Å². The molecule has 1 saturated heterocycles. The van der Waals surface area contributed by atoms with Crippen molar-refractivity contribution in [2.24, 2.45) is 5.92 Å². The molecule has 5 atom stereocenters. The van der Waals surface area contributed by atoms with Crippen LogP contribution in [0.5, 0.6) is 0 Å². The first kappa shape index (κ1) is 23.0. The molecule has 25 heavy (non-hydrogen) atoms. The molecule has 1 unspecified atom stereocenters. The van der Waals surface area contributed by atoms with Crippen LogP contribution >= 0.6 is 7.82 Å². The molecule has 0 aromatic carbocycles. The molecule has 1 aliphatic heterocycles. The van der Waals surface area contributed by atoms with E-state index in [1.807, 2.05) is 13.8 Å². The summed E-state index contributed by atoms with van der Waals surface area (Å²) >= 11 is 0. The first-order valence-corrected chi connectivity index (χ1v) is 10.0. The maximum Gasteiger partial charge on any atom is 0.472 e. The molecule has 3 N–H and O–H groups in total. The van der Waals surface area contributed by atoms with Crippen LogP contribution in [0.3, 0.4) is 0 Å². The highest BCUT2D eigenvalue weighted by molar-refractivity contribution is 7.47. The van der Waals surface area contributed by atoms with Crippen molar-refractivity contribution in [2.45, 2.75) is 51.6 Å². The smallest absolute Gasteiger partial charge is 0.394 e. The number of ether oxygens (including phenoxy) is 3. The van der Waals surface area contributed by atoms with E-state index >= 15 is 0 Å². The van der Waals surface area contributed by atoms with Crippen LogP contribution in [-0.2, 0) is 27.8 Å². The van der Waals surface area contributed by atoms with E-state index in [1.54, 1.807) is 6.92 Å². The number of aliphatic hydroxyl groups excluding tert-OH is 2. The average molecular weight is 386 g/mol. The molecule has 1 rings (SSSR count). The van der Waals surface area contributed by atoms with Crippen LogP contribution in [0.4, 0.5) is 0 Å². The molecule has 1 heterocycles. The quantitative estimate of drug-likeness (QED) is 0.310. The molecule has 0 aromatic rings. The number of hydrogen-bond acceptors (Lipinski definition) is 8. The summed E-state index contributed by atoms with van der Waals surface area (Å²) < 4.78 is 37.9. The van der Waals surface area contributed by atoms with Crippen molar-refractivity contribution in [2.75, 3.05) is 39.6 Å². The lowest BCUT2D eigenvalue weighted by atomic mass is 10.00. The minimum absolute atomic E-state index is 0.0543. The Morgan fingerprint density at radius 2 is 1.72 bits per heavy atom. The summed E-state index contributed by atoms with van der Waals surface area (Å²) in [6.07, 6.45) is -2.25. The molecular formula is C15H31O9P. The predicted molar refractivity (Wildman–Crippen MR) is 89.2 cm³/mol. The van der Waals surface area contributed by atoms with Crippen molar-refractivity contribution in [1.82, 2.24) is 0 Å². The Labute approximate surface area is 148 Å². The molecule has 0 aliphatic carbocycles. The van der Waals surface area contributed by atoms with Crippen molar-refractivity contribution in [3.8, 4) is 0 Å². The van der Waals surface area contributed by atoms with Crippen LogP contribution in [0.15, 0.2) is 0 Å². The minimum atomic E-state index is -4.34. The molecule has 0 aromatic heterocycles. The van der Waals surface area contributed by atoms with Gasteiger partial charge in [0, 0.05) is 0 Å². The third-order valence-electron chi connectivity index (χ3n) is 3.62. The Morgan fingerprint density at radius 3 is 2.32 bits per heavy atom. The van der Waals surface area contributed by atoms with Crippen LogP contribution in [0, 0.1) is 5.92 Å². The summed E-state index contributed by atoms with van der Waals surface area (Å²) in [6.45, 7) is 6.41. The standard InChI is InChI=1S/C15H31O9P/c1-11(2)10-13-15(14(17)12(3)23-13)24-25(18,19)22-9-8-21-7-6-20-5-4-16/h11-17H,4-10H2,1-3H3,(H,18,19)/t12-,13+,14-,15+/m0/s1. The van der Waals surface area contributed by atoms with Gasteiger partial charge >= 0.3 is 7.82 Å². The highest BCUT2D eigenvalue weighted by Crippen LogP contribution is 2.47. The second kappa shape index (κ2) is 11.6. The van der Waals surface area contributed by atoms with E-state index in [0.717, 1.165) is 0 Å². The van der Waals surface area contributed by atoms with Crippen LogP contribution in [0.25, 0.3) is 0 Å². The Bertz CT molecular complexity index is 404. The van der Waals surface area contributed by atoms with E-state index in [1.165, 1.54) is 0 Å². The SMILES string of the molecule is CC(C)C[C@H]1O[C@@H](C)[C@H](O)[C@@H]1OP(=O)(O)OCCOCCOCCO. The highest BCUT2D eigenvalue weighted by Gasteiger charge is 2.46. The molecule has 0 bridgehead atoms. The van der Waals surface area contributed by atoms with Crippen molar-refractivity contribution in [3.05, 3.63) is 0 Å². The van der Waals surface area contributed by atoms with Crippen LogP contribution in [0.2, 0.25) is 0 Å². The predicted octanol–water partition coefficient (Wildman–Crippen LogP) is 0.708. The third-order valence-corrected chi connectivity index (χ3v) is 4.64. The Morgan fingerprint density at radius 1 is 1.12 bits per heavy atom. The van der Waals surface area contributed by atoms with E-state index in [-0.39, 0.29) is 39.0 Å². The fraction of sp³-hybridized carbons (Fsp3) is 1.00. The van der Waals surface area contributed by atoms with Crippen molar-refractivity contribution in [1.29, 1.82) is 0 Å². The van der Waals surface area contributed by atoms with Crippen LogP contribution in [0.1, 0.15) is 27.2 Å². The molecule has 10 heteroatoms. The van der Waals surface area contributed by atoms with Gasteiger partial charge in [0.25, 0.3) is 0 Å². The van der Waals surface area contributed by atoms with Crippen molar-refractivity contribution < 1.29 is 42.9 Å². The van der Waals surface area contributed by atoms with Gasteiger partial charge in [-0.15, -0.1) is 0 Å². The first-order valence-electron chi connectivity index (χ1n) is 8.52. The molecule has 0 radical (unpaired) electrons. The number of hydrogen-bond donors (Lipinski definition) is 3. The van der Waals surface area contributed by atoms with E-state index in [4.69, 9.17) is 28.4 Å². The molecule has 0 spiro atoms. The summed E-state index contributed by atoms with van der Waals surface area (Å²) in [5.41, 5.74) is 0. The molecule has 0 saturated carbocycles. The van der Waals surface area contributed by atoms with Crippen molar-refractivity contribution >= 4 is 7.82 Å². The van der Waals surface area contributed by atoms with Gasteiger partial charge in [0.2, 0.25) is 0 Å². The van der Waals surface area contributed by atoms with E-state index < -0.39 is 32.2 Å². The second-order valence-corrected chi connectivity index (χ2v) is 7.73. The van der Waals surface area contributed by atoms with Gasteiger partial charge in [-0.05, 0) is 19.3 Å². The summed E-state index contributed by atoms with van der Waals surface area (Å²) in [5.74, 6) is 0.286. The zero-order chi connectivity index (χ0) is 18.9. The maximum atomic E-state index is 12.1. The van der Waals surface area contributed by atoms with E-state index in [0.29, 0.717) is 13.0 Å². The molecule has 1 fully saturated rings. The van der Waals surface area contributed by atoms with Gasteiger partial charge in [-0.3, -0.25) is 9.05 Å². The summed E-state index contributed by atoms with van der Waals surface area (Å²) in [5, 5.41) is 18.7. The fourth-order valence-corrected chi connectivity index (χ4v) is 3.42. The zero-order valence-electron chi connectivity index (χ0n) is 15.1. The lowest BCUT2D eigenvalue weighted by Gasteiger charge is -2.24. The van der Waals surface area contributed by atoms with Gasteiger partial charge in [-0.25, -0.2) is 4.57 Å². The van der Waals surface area contributed by atoms with Gasteiger partial charge in [-0.1, -0.05) is 13.8 Å². The Kier molecular flexibility index (Phi) is 10.6. The molecule has 1 aliphatic rings. The van der Waals surface area contributed by atoms with Gasteiger partial charge < -0.3 is 29.3 Å². The molecule has 150 valence electrons. The van der Waals surface area contributed by atoms with Gasteiger partial charge in [0.15, 0.2) is 0 Å². The van der Waals surface area contributed by atoms with Gasteiger partial charge in [0.1, 0.15) is 12.2 Å². The number of phosphoric ester groups is 1. The normalized spacial score (nSPS) is 29.2. The summed E-state index contributed by atoms with van der Waals surface area (Å²) in [6, 6.07) is 0. The third kappa shape index (κ3) is 8.90.